The molecule has 2 N–H and O–H groups in total. The van der Waals surface area contributed by atoms with Gasteiger partial charge in [-0.2, -0.15) is 5.10 Å². The summed E-state index contributed by atoms with van der Waals surface area (Å²) in [5.74, 6) is 0.934. The SMILES string of the molecule is CN=C(NCCCn1cc(C)cn1)NC1CCCC1.I. The monoisotopic (exact) mass is 391 g/mol. The van der Waals surface area contributed by atoms with Crippen LogP contribution in [0.1, 0.15) is 37.7 Å². The normalized spacial score (nSPS) is 16.0. The number of rotatable bonds is 5. The van der Waals surface area contributed by atoms with Crippen molar-refractivity contribution < 1.29 is 0 Å². The van der Waals surface area contributed by atoms with Crippen LogP contribution in [0, 0.1) is 6.92 Å². The Balaban J connectivity index is 0.00000200. The number of halogens is 1. The van der Waals surface area contributed by atoms with E-state index in [1.54, 1.807) is 0 Å². The number of nitrogens with zero attached hydrogens (tertiary/aromatic N) is 3. The van der Waals surface area contributed by atoms with Crippen molar-refractivity contribution in [3.05, 3.63) is 18.0 Å². The maximum atomic E-state index is 4.28. The molecule has 0 radical (unpaired) electrons. The van der Waals surface area contributed by atoms with Gasteiger partial charge in [0.15, 0.2) is 5.96 Å². The Kier molecular flexibility index (Phi) is 7.94. The molecule has 0 aliphatic heterocycles. The zero-order valence-corrected chi connectivity index (χ0v) is 14.8. The van der Waals surface area contributed by atoms with E-state index in [1.807, 2.05) is 17.9 Å². The number of hydrogen-bond acceptors (Lipinski definition) is 2. The number of hydrogen-bond donors (Lipinski definition) is 2. The van der Waals surface area contributed by atoms with Gasteiger partial charge in [0.2, 0.25) is 0 Å². The Morgan fingerprint density at radius 3 is 2.80 bits per heavy atom. The number of aryl methyl sites for hydroxylation is 2. The fourth-order valence-corrected chi connectivity index (χ4v) is 2.50. The lowest BCUT2D eigenvalue weighted by Gasteiger charge is -2.16. The van der Waals surface area contributed by atoms with Gasteiger partial charge in [-0.3, -0.25) is 9.67 Å². The van der Waals surface area contributed by atoms with Crippen LogP contribution in [0.5, 0.6) is 0 Å². The first-order chi connectivity index (χ1) is 9.28. The van der Waals surface area contributed by atoms with Crippen LogP contribution in [0.2, 0.25) is 0 Å². The van der Waals surface area contributed by atoms with Gasteiger partial charge in [-0.25, -0.2) is 0 Å². The van der Waals surface area contributed by atoms with E-state index >= 15 is 0 Å². The lowest BCUT2D eigenvalue weighted by Crippen LogP contribution is -2.42. The zero-order chi connectivity index (χ0) is 13.5. The molecule has 0 aromatic carbocycles. The molecule has 6 heteroatoms. The molecule has 0 bridgehead atoms. The molecule has 0 unspecified atom stereocenters. The molecule has 1 fully saturated rings. The number of nitrogens with one attached hydrogen (secondary N) is 2. The highest BCUT2D eigenvalue weighted by Crippen LogP contribution is 2.17. The number of aromatic nitrogens is 2. The second-order valence-corrected chi connectivity index (χ2v) is 5.26. The highest BCUT2D eigenvalue weighted by Gasteiger charge is 2.15. The van der Waals surface area contributed by atoms with Crippen molar-refractivity contribution in [2.75, 3.05) is 13.6 Å². The van der Waals surface area contributed by atoms with Crippen LogP contribution in [0.4, 0.5) is 0 Å². The van der Waals surface area contributed by atoms with Gasteiger partial charge in [0, 0.05) is 32.4 Å². The van der Waals surface area contributed by atoms with Crippen LogP contribution in [0.15, 0.2) is 17.4 Å². The Morgan fingerprint density at radius 1 is 1.45 bits per heavy atom. The highest BCUT2D eigenvalue weighted by atomic mass is 127. The molecule has 2 rings (SSSR count). The molecule has 114 valence electrons. The summed E-state index contributed by atoms with van der Waals surface area (Å²) >= 11 is 0. The molecule has 0 amide bonds. The van der Waals surface area contributed by atoms with Gasteiger partial charge in [-0.15, -0.1) is 24.0 Å². The molecule has 0 saturated heterocycles. The summed E-state index contributed by atoms with van der Waals surface area (Å²) in [6, 6.07) is 0.611. The second-order valence-electron chi connectivity index (χ2n) is 5.26. The van der Waals surface area contributed by atoms with E-state index in [0.717, 1.165) is 25.5 Å². The molecule has 1 aromatic heterocycles. The van der Waals surface area contributed by atoms with Crippen LogP contribution < -0.4 is 10.6 Å². The summed E-state index contributed by atoms with van der Waals surface area (Å²) in [6.45, 7) is 3.93. The first-order valence-electron chi connectivity index (χ1n) is 7.24. The molecular weight excluding hydrogens is 365 g/mol. The van der Waals surface area contributed by atoms with E-state index < -0.39 is 0 Å². The van der Waals surface area contributed by atoms with Crippen LogP contribution in [0.25, 0.3) is 0 Å². The van der Waals surface area contributed by atoms with Gasteiger partial charge >= 0.3 is 0 Å². The molecule has 1 saturated carbocycles. The summed E-state index contributed by atoms with van der Waals surface area (Å²) in [5, 5.41) is 11.1. The van der Waals surface area contributed by atoms with E-state index in [2.05, 4.69) is 33.8 Å². The van der Waals surface area contributed by atoms with Crippen molar-refractivity contribution in [1.29, 1.82) is 0 Å². The van der Waals surface area contributed by atoms with Crippen molar-refractivity contribution in [3.63, 3.8) is 0 Å². The van der Waals surface area contributed by atoms with Crippen molar-refractivity contribution in [3.8, 4) is 0 Å². The predicted molar refractivity (Wildman–Crippen MR) is 93.7 cm³/mol. The third-order valence-electron chi connectivity index (χ3n) is 3.54. The molecule has 5 nitrogen and oxygen atoms in total. The topological polar surface area (TPSA) is 54.2 Å². The summed E-state index contributed by atoms with van der Waals surface area (Å²) in [6.07, 6.45) is 10.2. The Hall–Kier alpha value is -0.790. The Bertz CT molecular complexity index is 409. The van der Waals surface area contributed by atoms with Gasteiger partial charge in [-0.1, -0.05) is 12.8 Å². The number of guanidine groups is 1. The van der Waals surface area contributed by atoms with Gasteiger partial charge in [-0.05, 0) is 31.7 Å². The minimum absolute atomic E-state index is 0. The van der Waals surface area contributed by atoms with Crippen molar-refractivity contribution >= 4 is 29.9 Å². The standard InChI is InChI=1S/C14H25N5.HI/c1-12-10-17-19(11-12)9-5-8-16-14(15-2)18-13-6-3-4-7-13;/h10-11,13H,3-9H2,1-2H3,(H2,15,16,18);1H. The third-order valence-corrected chi connectivity index (χ3v) is 3.54. The first-order valence-corrected chi connectivity index (χ1v) is 7.24. The van der Waals surface area contributed by atoms with Gasteiger partial charge in [0.25, 0.3) is 0 Å². The fourth-order valence-electron chi connectivity index (χ4n) is 2.50. The van der Waals surface area contributed by atoms with Crippen LogP contribution >= 0.6 is 24.0 Å². The lowest BCUT2D eigenvalue weighted by atomic mass is 10.2. The van der Waals surface area contributed by atoms with Crippen molar-refractivity contribution in [1.82, 2.24) is 20.4 Å². The maximum absolute atomic E-state index is 4.28. The molecular formula is C14H26IN5. The smallest absolute Gasteiger partial charge is 0.191 e. The van der Waals surface area contributed by atoms with Gasteiger partial charge < -0.3 is 10.6 Å². The molecule has 0 atom stereocenters. The first kappa shape index (κ1) is 17.3. The Labute approximate surface area is 138 Å². The van der Waals surface area contributed by atoms with E-state index in [0.29, 0.717) is 6.04 Å². The second kappa shape index (κ2) is 9.20. The largest absolute Gasteiger partial charge is 0.356 e. The van der Waals surface area contributed by atoms with Crippen LogP contribution in [-0.2, 0) is 6.54 Å². The highest BCUT2D eigenvalue weighted by molar-refractivity contribution is 14.0. The van der Waals surface area contributed by atoms with E-state index in [4.69, 9.17) is 0 Å². The Morgan fingerprint density at radius 2 is 2.20 bits per heavy atom. The predicted octanol–water partition coefficient (Wildman–Crippen LogP) is 2.31. The summed E-state index contributed by atoms with van der Waals surface area (Å²) in [7, 11) is 1.83. The van der Waals surface area contributed by atoms with E-state index in [1.165, 1.54) is 31.2 Å². The summed E-state index contributed by atoms with van der Waals surface area (Å²) in [5.41, 5.74) is 1.21. The maximum Gasteiger partial charge on any atom is 0.191 e. The molecule has 1 aromatic rings. The van der Waals surface area contributed by atoms with Crippen LogP contribution in [-0.4, -0.2) is 35.4 Å². The minimum Gasteiger partial charge on any atom is -0.356 e. The molecule has 1 aliphatic rings. The zero-order valence-electron chi connectivity index (χ0n) is 12.4. The van der Waals surface area contributed by atoms with Gasteiger partial charge in [0.05, 0.1) is 6.20 Å². The lowest BCUT2D eigenvalue weighted by molar-refractivity contribution is 0.562. The summed E-state index contributed by atoms with van der Waals surface area (Å²) in [4.78, 5) is 4.27. The minimum atomic E-state index is 0. The van der Waals surface area contributed by atoms with Crippen molar-refractivity contribution in [2.45, 2.75) is 51.6 Å². The summed E-state index contributed by atoms with van der Waals surface area (Å²) < 4.78 is 1.99. The molecule has 1 heterocycles. The van der Waals surface area contributed by atoms with E-state index in [9.17, 15) is 0 Å². The molecule has 1 aliphatic carbocycles. The average molecular weight is 391 g/mol. The van der Waals surface area contributed by atoms with E-state index in [-0.39, 0.29) is 24.0 Å². The fraction of sp³-hybridized carbons (Fsp3) is 0.714. The van der Waals surface area contributed by atoms with Gasteiger partial charge in [0.1, 0.15) is 0 Å². The average Bonchev–Trinajstić information content (AvgIpc) is 3.05. The number of aliphatic imine (C=N–C) groups is 1. The van der Waals surface area contributed by atoms with Crippen LogP contribution in [0.3, 0.4) is 0 Å². The third kappa shape index (κ3) is 5.68. The quantitative estimate of drug-likeness (QED) is 0.351. The molecule has 20 heavy (non-hydrogen) atoms. The van der Waals surface area contributed by atoms with Crippen molar-refractivity contribution in [2.24, 2.45) is 4.99 Å². The molecule has 0 spiro atoms.